The van der Waals surface area contributed by atoms with E-state index in [1.54, 1.807) is 38.3 Å². The van der Waals surface area contributed by atoms with E-state index in [-0.39, 0.29) is 17.2 Å². The summed E-state index contributed by atoms with van der Waals surface area (Å²) in [5.41, 5.74) is -0.280. The first-order chi connectivity index (χ1) is 12.8. The third-order valence-corrected chi connectivity index (χ3v) is 6.16. The maximum absolute atomic E-state index is 12.4. The first-order valence-electron chi connectivity index (χ1n) is 7.88. The molecule has 0 bridgehead atoms. The average molecular weight is 412 g/mol. The van der Waals surface area contributed by atoms with Crippen LogP contribution in [0.4, 0.5) is 5.69 Å². The van der Waals surface area contributed by atoms with E-state index in [4.69, 9.17) is 9.47 Å². The van der Waals surface area contributed by atoms with Gasteiger partial charge in [0.2, 0.25) is 10.0 Å². The van der Waals surface area contributed by atoms with Gasteiger partial charge in [-0.15, -0.1) is 0 Å². The van der Waals surface area contributed by atoms with E-state index in [9.17, 15) is 18.5 Å². The van der Waals surface area contributed by atoms with Crippen LogP contribution in [-0.2, 0) is 14.8 Å². The number of ether oxygens (including phenoxy) is 2. The van der Waals surface area contributed by atoms with Crippen LogP contribution < -0.4 is 9.46 Å². The summed E-state index contributed by atoms with van der Waals surface area (Å²) in [5.74, 6) is 0.673. The van der Waals surface area contributed by atoms with Gasteiger partial charge in [0, 0.05) is 24.1 Å². The number of hydrogen-bond acceptors (Lipinski definition) is 7. The smallest absolute Gasteiger partial charge is 0.284 e. The molecule has 1 atom stereocenters. The van der Waals surface area contributed by atoms with E-state index < -0.39 is 21.0 Å². The van der Waals surface area contributed by atoms with Gasteiger partial charge in [0.05, 0.1) is 28.4 Å². The molecule has 0 amide bonds. The van der Waals surface area contributed by atoms with Crippen LogP contribution in [0.1, 0.15) is 6.92 Å². The van der Waals surface area contributed by atoms with Crippen LogP contribution in [0.15, 0.2) is 57.2 Å². The number of nitrogens with zero attached hydrogens (tertiary/aromatic N) is 1. The second kappa shape index (κ2) is 9.18. The molecule has 0 spiro atoms. The molecule has 0 fully saturated rings. The number of nitro benzene ring substituents is 1. The van der Waals surface area contributed by atoms with Gasteiger partial charge in [0.25, 0.3) is 5.69 Å². The van der Waals surface area contributed by atoms with Crippen LogP contribution in [0.3, 0.4) is 0 Å². The van der Waals surface area contributed by atoms with Gasteiger partial charge in [0.1, 0.15) is 5.75 Å². The third kappa shape index (κ3) is 5.67. The van der Waals surface area contributed by atoms with Crippen molar-refractivity contribution in [2.45, 2.75) is 27.7 Å². The molecule has 0 aliphatic carbocycles. The predicted octanol–water partition coefficient (Wildman–Crippen LogP) is 3.07. The minimum Gasteiger partial charge on any atom is -0.497 e. The fourth-order valence-electron chi connectivity index (χ4n) is 2.28. The monoisotopic (exact) mass is 412 g/mol. The molecular weight excluding hydrogens is 392 g/mol. The van der Waals surface area contributed by atoms with Gasteiger partial charge < -0.3 is 9.47 Å². The highest BCUT2D eigenvalue weighted by Crippen LogP contribution is 2.36. The zero-order chi connectivity index (χ0) is 20.0. The van der Waals surface area contributed by atoms with Crippen molar-refractivity contribution in [1.82, 2.24) is 4.72 Å². The molecule has 146 valence electrons. The summed E-state index contributed by atoms with van der Waals surface area (Å²) in [7, 11) is -0.888. The Morgan fingerprint density at radius 3 is 2.41 bits per heavy atom. The van der Waals surface area contributed by atoms with Crippen molar-refractivity contribution in [2.24, 2.45) is 0 Å². The van der Waals surface area contributed by atoms with E-state index in [0.717, 1.165) is 11.0 Å². The number of hydrogen-bond donors (Lipinski definition) is 1. The minimum atomic E-state index is -3.90. The molecule has 2 aromatic carbocycles. The second-order valence-corrected chi connectivity index (χ2v) is 8.47. The maximum atomic E-state index is 12.4. The lowest BCUT2D eigenvalue weighted by molar-refractivity contribution is -0.388. The highest BCUT2D eigenvalue weighted by molar-refractivity contribution is 7.99. The first-order valence-corrected chi connectivity index (χ1v) is 10.2. The Kier molecular flexibility index (Phi) is 7.19. The number of rotatable bonds is 9. The molecule has 27 heavy (non-hydrogen) atoms. The van der Waals surface area contributed by atoms with Gasteiger partial charge >= 0.3 is 0 Å². The molecule has 0 aliphatic heterocycles. The molecular formula is C17H20N2O6S2. The molecule has 2 rings (SSSR count). The number of nitrogens with one attached hydrogen (secondary N) is 1. The third-order valence-electron chi connectivity index (χ3n) is 3.50. The Balaban J connectivity index is 2.31. The zero-order valence-electron chi connectivity index (χ0n) is 15.0. The molecule has 10 heteroatoms. The van der Waals surface area contributed by atoms with E-state index in [1.807, 2.05) is 0 Å². The zero-order valence-corrected chi connectivity index (χ0v) is 16.7. The van der Waals surface area contributed by atoms with Crippen molar-refractivity contribution in [2.75, 3.05) is 20.8 Å². The summed E-state index contributed by atoms with van der Waals surface area (Å²) in [6, 6.07) is 10.4. The molecule has 0 radical (unpaired) electrons. The summed E-state index contributed by atoms with van der Waals surface area (Å²) in [4.78, 5) is 11.8. The lowest BCUT2D eigenvalue weighted by atomic mass is 10.3. The Morgan fingerprint density at radius 2 is 1.85 bits per heavy atom. The van der Waals surface area contributed by atoms with Crippen LogP contribution in [-0.4, -0.2) is 40.2 Å². The molecule has 1 N–H and O–H groups in total. The summed E-state index contributed by atoms with van der Waals surface area (Å²) >= 11 is 1.17. The van der Waals surface area contributed by atoms with Crippen LogP contribution >= 0.6 is 11.8 Å². The fraction of sp³-hybridized carbons (Fsp3) is 0.294. The normalized spacial score (nSPS) is 12.6. The minimum absolute atomic E-state index is 0.170. The number of sulfonamides is 1. The maximum Gasteiger partial charge on any atom is 0.284 e. The Hall–Kier alpha value is -2.14. The lowest BCUT2D eigenvalue weighted by Crippen LogP contribution is -2.35. The van der Waals surface area contributed by atoms with Gasteiger partial charge in [-0.1, -0.05) is 11.8 Å². The molecule has 8 nitrogen and oxygen atoms in total. The van der Waals surface area contributed by atoms with Crippen LogP contribution in [0.5, 0.6) is 5.75 Å². The molecule has 2 aromatic rings. The quantitative estimate of drug-likeness (QED) is 0.498. The average Bonchev–Trinajstić information content (AvgIpc) is 2.62. The summed E-state index contributed by atoms with van der Waals surface area (Å²) in [5, 5.41) is 11.5. The van der Waals surface area contributed by atoms with E-state index in [1.165, 1.54) is 31.0 Å². The van der Waals surface area contributed by atoms with Crippen LogP contribution in [0, 0.1) is 10.1 Å². The topological polar surface area (TPSA) is 108 Å². The number of nitro groups is 1. The Morgan fingerprint density at radius 1 is 1.19 bits per heavy atom. The Labute approximate surface area is 162 Å². The second-order valence-electron chi connectivity index (χ2n) is 5.64. The van der Waals surface area contributed by atoms with Gasteiger partial charge in [-0.2, -0.15) is 0 Å². The van der Waals surface area contributed by atoms with Crippen molar-refractivity contribution in [3.63, 3.8) is 0 Å². The lowest BCUT2D eigenvalue weighted by Gasteiger charge is -2.13. The van der Waals surface area contributed by atoms with Crippen molar-refractivity contribution in [3.8, 4) is 5.75 Å². The number of methoxy groups -OCH3 is 2. The summed E-state index contributed by atoms with van der Waals surface area (Å²) in [6.45, 7) is 1.83. The van der Waals surface area contributed by atoms with Crippen molar-refractivity contribution in [1.29, 1.82) is 0 Å². The van der Waals surface area contributed by atoms with E-state index in [0.29, 0.717) is 10.6 Å². The number of benzene rings is 2. The standard InChI is InChI=1S/C17H20N2O6S2/c1-12(11-24-2)18-27(22,23)15-8-9-17(16(10-15)19(20)21)26-14-6-4-13(25-3)5-7-14/h4-10,12,18H,11H2,1-3H3/t12-/m1/s1. The molecule has 0 saturated carbocycles. The largest absolute Gasteiger partial charge is 0.497 e. The van der Waals surface area contributed by atoms with Gasteiger partial charge in [-0.05, 0) is 43.3 Å². The molecule has 0 aliphatic rings. The molecule has 0 heterocycles. The van der Waals surface area contributed by atoms with Crippen molar-refractivity contribution < 1.29 is 22.8 Å². The molecule has 0 saturated heterocycles. The van der Waals surface area contributed by atoms with E-state index in [2.05, 4.69) is 4.72 Å². The molecule has 0 unspecified atom stereocenters. The van der Waals surface area contributed by atoms with Crippen LogP contribution in [0.2, 0.25) is 0 Å². The van der Waals surface area contributed by atoms with Gasteiger partial charge in [-0.25, -0.2) is 13.1 Å². The van der Waals surface area contributed by atoms with Crippen molar-refractivity contribution in [3.05, 3.63) is 52.6 Å². The highest BCUT2D eigenvalue weighted by Gasteiger charge is 2.23. The van der Waals surface area contributed by atoms with Gasteiger partial charge in [0.15, 0.2) is 0 Å². The van der Waals surface area contributed by atoms with Crippen LogP contribution in [0.25, 0.3) is 0 Å². The van der Waals surface area contributed by atoms with Crippen molar-refractivity contribution >= 4 is 27.5 Å². The van der Waals surface area contributed by atoms with Gasteiger partial charge in [-0.3, -0.25) is 10.1 Å². The SMILES string of the molecule is COC[C@@H](C)NS(=O)(=O)c1ccc(Sc2ccc(OC)cc2)c([N+](=O)[O-])c1. The highest BCUT2D eigenvalue weighted by atomic mass is 32.2. The van der Waals surface area contributed by atoms with E-state index >= 15 is 0 Å². The summed E-state index contributed by atoms with van der Waals surface area (Å²) < 4.78 is 37.3. The summed E-state index contributed by atoms with van der Waals surface area (Å²) in [6.07, 6.45) is 0. The fourth-order valence-corrected chi connectivity index (χ4v) is 4.43. The molecule has 0 aromatic heterocycles. The predicted molar refractivity (Wildman–Crippen MR) is 102 cm³/mol. The Bertz CT molecular complexity index is 900. The first kappa shape index (κ1) is 21.2.